The number of fused-ring (bicyclic) bond motifs is 1. The number of carbonyl (C=O) groups is 1. The number of hydrogen-bond donors (Lipinski definition) is 3. The normalized spacial score (nSPS) is 17.6. The Hall–Kier alpha value is -3.56. The van der Waals surface area contributed by atoms with Gasteiger partial charge < -0.3 is 25.6 Å². The lowest BCUT2D eigenvalue weighted by atomic mass is 10.0. The fourth-order valence-corrected chi connectivity index (χ4v) is 5.90. The number of ether oxygens (including phenoxy) is 1. The van der Waals surface area contributed by atoms with Crippen LogP contribution >= 0.6 is 11.3 Å². The molecule has 6 nitrogen and oxygen atoms in total. The summed E-state index contributed by atoms with van der Waals surface area (Å²) in [6.07, 6.45) is -6.16. The van der Waals surface area contributed by atoms with Crippen LogP contribution in [0, 0.1) is 17.7 Å². The monoisotopic (exact) mass is 594 g/mol. The van der Waals surface area contributed by atoms with Gasteiger partial charge in [-0.15, -0.1) is 11.3 Å². The first-order valence-electron chi connectivity index (χ1n) is 13.1. The molecule has 0 bridgehead atoms. The molecule has 1 aliphatic rings. The number of nitrogens with one attached hydrogen (secondary N) is 3. The molecule has 4 rings (SSSR count). The minimum absolute atomic E-state index is 0.0275. The molecule has 1 saturated heterocycles. The summed E-state index contributed by atoms with van der Waals surface area (Å²) in [6, 6.07) is 6.95. The van der Waals surface area contributed by atoms with E-state index in [-0.39, 0.29) is 40.5 Å². The Morgan fingerprint density at radius 2 is 2.02 bits per heavy atom. The number of piperidine rings is 1. The van der Waals surface area contributed by atoms with Crippen LogP contribution in [-0.4, -0.2) is 69.5 Å². The van der Waals surface area contributed by atoms with E-state index in [2.05, 4.69) is 27.8 Å². The first-order chi connectivity index (χ1) is 19.5. The molecule has 1 aliphatic heterocycles. The number of thiophene rings is 1. The predicted molar refractivity (Wildman–Crippen MR) is 152 cm³/mol. The second-order valence-corrected chi connectivity index (χ2v) is 10.8. The highest BCUT2D eigenvalue weighted by Gasteiger charge is 2.32. The zero-order chi connectivity index (χ0) is 29.7. The number of halogens is 5. The van der Waals surface area contributed by atoms with Crippen LogP contribution in [0.2, 0.25) is 0 Å². The minimum atomic E-state index is -4.46. The summed E-state index contributed by atoms with van der Waals surface area (Å²) in [6.45, 7) is 3.01. The van der Waals surface area contributed by atoms with E-state index < -0.39 is 36.5 Å². The molecule has 1 aromatic heterocycles. The van der Waals surface area contributed by atoms with Crippen molar-refractivity contribution in [2.45, 2.75) is 38.2 Å². The van der Waals surface area contributed by atoms with Gasteiger partial charge in [0.1, 0.15) is 17.7 Å². The van der Waals surface area contributed by atoms with Crippen LogP contribution in [0.15, 0.2) is 30.3 Å². The van der Waals surface area contributed by atoms with Gasteiger partial charge in [0.05, 0.1) is 52.6 Å². The SMILES string of the molecule is CCNC(=O)c1cc(OC)c(NCC#Cc2sc3c(N[C@@H]4CCN(C)C[C@@H]4F)cccc3c2CC(F)(F)F)cc1F. The van der Waals surface area contributed by atoms with Crippen LogP contribution in [0.4, 0.5) is 33.3 Å². The second kappa shape index (κ2) is 13.0. The zero-order valence-electron chi connectivity index (χ0n) is 22.8. The molecule has 0 aliphatic carbocycles. The molecule has 220 valence electrons. The quantitative estimate of drug-likeness (QED) is 0.227. The summed E-state index contributed by atoms with van der Waals surface area (Å²) in [5.74, 6) is 4.53. The van der Waals surface area contributed by atoms with Gasteiger partial charge in [0, 0.05) is 25.7 Å². The molecule has 2 heterocycles. The van der Waals surface area contributed by atoms with Crippen molar-refractivity contribution in [3.8, 4) is 17.6 Å². The summed E-state index contributed by atoms with van der Waals surface area (Å²) >= 11 is 1.12. The highest BCUT2D eigenvalue weighted by molar-refractivity contribution is 7.20. The van der Waals surface area contributed by atoms with Crippen molar-refractivity contribution >= 4 is 38.7 Å². The number of anilines is 2. The Kier molecular flexibility index (Phi) is 9.60. The van der Waals surface area contributed by atoms with Gasteiger partial charge in [-0.25, -0.2) is 8.78 Å². The van der Waals surface area contributed by atoms with Gasteiger partial charge in [-0.05, 0) is 43.5 Å². The van der Waals surface area contributed by atoms with Gasteiger partial charge in [-0.3, -0.25) is 4.79 Å². The summed E-state index contributed by atoms with van der Waals surface area (Å²) in [4.78, 5) is 14.2. The second-order valence-electron chi connectivity index (χ2n) is 9.75. The smallest absolute Gasteiger partial charge is 0.393 e. The zero-order valence-corrected chi connectivity index (χ0v) is 23.7. The van der Waals surface area contributed by atoms with E-state index in [0.29, 0.717) is 35.3 Å². The van der Waals surface area contributed by atoms with Gasteiger partial charge in [0.25, 0.3) is 5.91 Å². The minimum Gasteiger partial charge on any atom is -0.495 e. The lowest BCUT2D eigenvalue weighted by molar-refractivity contribution is -0.126. The third-order valence-electron chi connectivity index (χ3n) is 6.72. The lowest BCUT2D eigenvalue weighted by Crippen LogP contribution is -2.46. The van der Waals surface area contributed by atoms with Crippen LogP contribution in [-0.2, 0) is 6.42 Å². The first kappa shape index (κ1) is 30.4. The van der Waals surface area contributed by atoms with Gasteiger partial charge in [-0.2, -0.15) is 13.2 Å². The number of methoxy groups -OCH3 is 1. The first-order valence-corrected chi connectivity index (χ1v) is 13.9. The van der Waals surface area contributed by atoms with Crippen LogP contribution < -0.4 is 20.7 Å². The third-order valence-corrected chi connectivity index (χ3v) is 7.92. The number of benzene rings is 2. The van der Waals surface area contributed by atoms with E-state index in [1.165, 1.54) is 13.2 Å². The van der Waals surface area contributed by atoms with E-state index in [1.807, 2.05) is 11.9 Å². The highest BCUT2D eigenvalue weighted by Crippen LogP contribution is 2.39. The van der Waals surface area contributed by atoms with Crippen LogP contribution in [0.5, 0.6) is 5.75 Å². The van der Waals surface area contributed by atoms with Crippen LogP contribution in [0.3, 0.4) is 0 Å². The van der Waals surface area contributed by atoms with Crippen LogP contribution in [0.1, 0.15) is 34.1 Å². The molecule has 0 radical (unpaired) electrons. The standard InChI is InChI=1S/C29H31F5N4O2S/c1-4-35-28(39)18-13-25(40-3)24(14-20(18)30)36-11-6-9-26-19(15-29(32,33)34)17-7-5-8-23(27(17)41-26)37-22-10-12-38(2)16-21(22)31/h5,7-8,13-14,21-22,36-37H,4,10-12,15-16H2,1-3H3,(H,35,39)/t21-,22+/m0/s1. The molecule has 1 amide bonds. The van der Waals surface area contributed by atoms with Crippen LogP contribution in [0.25, 0.3) is 10.1 Å². The third kappa shape index (κ3) is 7.40. The number of alkyl halides is 4. The van der Waals surface area contributed by atoms with Crippen molar-refractivity contribution in [3.05, 3.63) is 52.2 Å². The average molecular weight is 595 g/mol. The molecular formula is C29H31F5N4O2S. The molecule has 2 aromatic carbocycles. The van der Waals surface area contributed by atoms with Crippen molar-refractivity contribution in [2.75, 3.05) is 51.0 Å². The number of amides is 1. The topological polar surface area (TPSA) is 65.6 Å². The number of nitrogens with zero attached hydrogens (tertiary/aromatic N) is 1. The fourth-order valence-electron chi connectivity index (χ4n) is 4.73. The fraction of sp³-hybridized carbons (Fsp3) is 0.414. The largest absolute Gasteiger partial charge is 0.495 e. The molecule has 3 aromatic rings. The maximum absolute atomic E-state index is 14.7. The summed E-state index contributed by atoms with van der Waals surface area (Å²) in [7, 11) is 3.22. The van der Waals surface area contributed by atoms with E-state index in [9.17, 15) is 26.7 Å². The Labute approximate surface area is 239 Å². The van der Waals surface area contributed by atoms with E-state index in [4.69, 9.17) is 4.74 Å². The van der Waals surface area contributed by atoms with Crippen molar-refractivity contribution in [2.24, 2.45) is 0 Å². The summed E-state index contributed by atoms with van der Waals surface area (Å²) in [5, 5.41) is 9.06. The molecule has 0 saturated carbocycles. The van der Waals surface area contributed by atoms with E-state index in [1.54, 1.807) is 25.1 Å². The molecule has 0 spiro atoms. The molecule has 1 fully saturated rings. The predicted octanol–water partition coefficient (Wildman–Crippen LogP) is 5.82. The number of likely N-dealkylation sites (tertiary alicyclic amines) is 1. The van der Waals surface area contributed by atoms with Gasteiger partial charge in [0.15, 0.2) is 0 Å². The number of carbonyl (C=O) groups excluding carboxylic acids is 1. The van der Waals surface area contributed by atoms with E-state index >= 15 is 0 Å². The van der Waals surface area contributed by atoms with Crippen molar-refractivity contribution in [1.29, 1.82) is 0 Å². The molecule has 3 N–H and O–H groups in total. The number of hydrogen-bond acceptors (Lipinski definition) is 6. The molecule has 0 unspecified atom stereocenters. The molecule has 12 heteroatoms. The maximum Gasteiger partial charge on any atom is 0.393 e. The Bertz CT molecular complexity index is 1460. The van der Waals surface area contributed by atoms with E-state index in [0.717, 1.165) is 17.4 Å². The van der Waals surface area contributed by atoms with Crippen molar-refractivity contribution in [3.63, 3.8) is 0 Å². The summed E-state index contributed by atoms with van der Waals surface area (Å²) in [5.41, 5.74) is 0.700. The molecule has 41 heavy (non-hydrogen) atoms. The lowest BCUT2D eigenvalue weighted by Gasteiger charge is -2.33. The Morgan fingerprint density at radius 3 is 2.71 bits per heavy atom. The van der Waals surface area contributed by atoms with Gasteiger partial charge >= 0.3 is 6.18 Å². The van der Waals surface area contributed by atoms with Crippen molar-refractivity contribution in [1.82, 2.24) is 10.2 Å². The highest BCUT2D eigenvalue weighted by atomic mass is 32.1. The summed E-state index contributed by atoms with van der Waals surface area (Å²) < 4.78 is 75.8. The molecule has 2 atom stereocenters. The average Bonchev–Trinajstić information content (AvgIpc) is 3.25. The van der Waals surface area contributed by atoms with Gasteiger partial charge in [-0.1, -0.05) is 24.0 Å². The Balaban J connectivity index is 1.60. The van der Waals surface area contributed by atoms with Crippen molar-refractivity contribution < 1.29 is 31.5 Å². The Morgan fingerprint density at radius 1 is 1.24 bits per heavy atom. The molecular weight excluding hydrogens is 563 g/mol. The van der Waals surface area contributed by atoms with Gasteiger partial charge in [0.2, 0.25) is 0 Å². The number of rotatable bonds is 8. The maximum atomic E-state index is 14.7.